The molecular weight excluding hydrogens is 781 g/mol. The molecule has 0 radical (unpaired) electrons. The summed E-state index contributed by atoms with van der Waals surface area (Å²) in [6.45, 7) is 6.67. The fourth-order valence-electron chi connectivity index (χ4n) is 8.50. The molecule has 0 amide bonds. The molecule has 0 aliphatic carbocycles. The quantitative estimate of drug-likeness (QED) is 0.0262. The fourth-order valence-corrected chi connectivity index (χ4v) is 8.50. The molecule has 0 aromatic carbocycles. The zero-order valence-electron chi connectivity index (χ0n) is 42.6. The van der Waals surface area contributed by atoms with Crippen molar-refractivity contribution < 1.29 is 28.6 Å². The second-order valence-electron chi connectivity index (χ2n) is 19.2. The van der Waals surface area contributed by atoms with Crippen LogP contribution in [0.3, 0.4) is 0 Å². The minimum Gasteiger partial charge on any atom is -0.462 e. The highest BCUT2D eigenvalue weighted by Crippen LogP contribution is 2.17. The van der Waals surface area contributed by atoms with E-state index < -0.39 is 6.10 Å². The highest BCUT2D eigenvalue weighted by atomic mass is 16.6. The molecule has 6 nitrogen and oxygen atoms in total. The van der Waals surface area contributed by atoms with Crippen LogP contribution in [0.25, 0.3) is 0 Å². The first-order valence-corrected chi connectivity index (χ1v) is 28.2. The first-order chi connectivity index (χ1) is 31.0. The Morgan fingerprint density at radius 3 is 0.794 bits per heavy atom. The van der Waals surface area contributed by atoms with Gasteiger partial charge in [-0.2, -0.15) is 0 Å². The second kappa shape index (κ2) is 52.8. The summed E-state index contributed by atoms with van der Waals surface area (Å²) in [5.41, 5.74) is 0. The Labute approximate surface area is 392 Å². The van der Waals surface area contributed by atoms with Gasteiger partial charge in [0.1, 0.15) is 13.2 Å². The van der Waals surface area contributed by atoms with Gasteiger partial charge in [0.2, 0.25) is 0 Å². The van der Waals surface area contributed by atoms with E-state index in [-0.39, 0.29) is 31.1 Å². The lowest BCUT2D eigenvalue weighted by atomic mass is 10.0. The number of unbranched alkanes of at least 4 members (excludes halogenated alkanes) is 39. The van der Waals surface area contributed by atoms with Crippen LogP contribution >= 0.6 is 0 Å². The van der Waals surface area contributed by atoms with Crippen LogP contribution in [0, 0.1) is 0 Å². The first kappa shape index (κ1) is 61.1. The van der Waals surface area contributed by atoms with E-state index in [0.29, 0.717) is 19.3 Å². The third-order valence-electron chi connectivity index (χ3n) is 12.8. The number of carbonyl (C=O) groups is 3. The van der Waals surface area contributed by atoms with Gasteiger partial charge in [-0.05, 0) is 44.9 Å². The molecule has 0 spiro atoms. The summed E-state index contributed by atoms with van der Waals surface area (Å²) in [4.78, 5) is 38.0. The van der Waals surface area contributed by atoms with Gasteiger partial charge in [0.25, 0.3) is 0 Å². The molecule has 0 unspecified atom stereocenters. The normalized spacial score (nSPS) is 12.0. The first-order valence-electron chi connectivity index (χ1n) is 28.2. The Hall–Kier alpha value is -1.85. The molecule has 0 N–H and O–H groups in total. The average Bonchev–Trinajstić information content (AvgIpc) is 3.28. The standard InChI is InChI=1S/C57H108O6/c1-4-7-10-13-16-19-22-24-26-28-29-30-32-33-35-38-41-44-47-50-56(59)62-53-54(52-61-55(58)49-46-43-40-37-21-18-15-12-9-6-3)63-57(60)51-48-45-42-39-36-34-31-27-25-23-20-17-14-11-8-5-2/h28-29,54H,4-27,30-53H2,1-3H3/b29-28-/t54-/m1/s1. The Morgan fingerprint density at radius 1 is 0.302 bits per heavy atom. The SMILES string of the molecule is CCCCCCCCCC/C=C\CCCCCCCCCC(=O)OC[C@@H](COC(=O)CCCCCCCCCCCC)OC(=O)CCCCCCCCCCCCCCCCCC. The zero-order chi connectivity index (χ0) is 45.8. The van der Waals surface area contributed by atoms with Crippen LogP contribution in [0.1, 0.15) is 316 Å². The molecule has 0 fully saturated rings. The molecule has 0 aliphatic rings. The average molecular weight is 889 g/mol. The van der Waals surface area contributed by atoms with Gasteiger partial charge in [-0.1, -0.05) is 264 Å². The number of hydrogen-bond acceptors (Lipinski definition) is 6. The minimum absolute atomic E-state index is 0.0659. The van der Waals surface area contributed by atoms with E-state index in [1.54, 1.807) is 0 Å². The molecule has 63 heavy (non-hydrogen) atoms. The maximum Gasteiger partial charge on any atom is 0.306 e. The Balaban J connectivity index is 4.26. The smallest absolute Gasteiger partial charge is 0.306 e. The molecule has 0 saturated carbocycles. The van der Waals surface area contributed by atoms with E-state index in [1.807, 2.05) is 0 Å². The van der Waals surface area contributed by atoms with Crippen molar-refractivity contribution in [3.05, 3.63) is 12.2 Å². The van der Waals surface area contributed by atoms with Gasteiger partial charge in [0.05, 0.1) is 0 Å². The van der Waals surface area contributed by atoms with Crippen molar-refractivity contribution >= 4 is 17.9 Å². The molecule has 0 bridgehead atoms. The third-order valence-corrected chi connectivity index (χ3v) is 12.8. The van der Waals surface area contributed by atoms with Crippen molar-refractivity contribution in [3.8, 4) is 0 Å². The lowest BCUT2D eigenvalue weighted by Gasteiger charge is -2.18. The van der Waals surface area contributed by atoms with Crippen LogP contribution in [0.15, 0.2) is 12.2 Å². The van der Waals surface area contributed by atoms with Crippen molar-refractivity contribution in [1.82, 2.24) is 0 Å². The Morgan fingerprint density at radius 2 is 0.524 bits per heavy atom. The number of rotatable bonds is 52. The van der Waals surface area contributed by atoms with E-state index in [9.17, 15) is 14.4 Å². The number of ether oxygens (including phenoxy) is 3. The Kier molecular flexibility index (Phi) is 51.2. The van der Waals surface area contributed by atoms with E-state index >= 15 is 0 Å². The summed E-state index contributed by atoms with van der Waals surface area (Å²) in [5, 5.41) is 0. The van der Waals surface area contributed by atoms with Crippen molar-refractivity contribution in [1.29, 1.82) is 0 Å². The molecule has 1 atom stereocenters. The van der Waals surface area contributed by atoms with Gasteiger partial charge in [-0.3, -0.25) is 14.4 Å². The van der Waals surface area contributed by atoms with Crippen molar-refractivity contribution in [2.45, 2.75) is 322 Å². The van der Waals surface area contributed by atoms with Crippen LogP contribution in [0.5, 0.6) is 0 Å². The number of allylic oxidation sites excluding steroid dienone is 2. The highest BCUT2D eigenvalue weighted by Gasteiger charge is 2.19. The van der Waals surface area contributed by atoms with E-state index in [1.165, 1.54) is 218 Å². The molecule has 0 aromatic rings. The molecule has 0 heterocycles. The molecule has 372 valence electrons. The maximum absolute atomic E-state index is 12.8. The van der Waals surface area contributed by atoms with Crippen LogP contribution in [0.2, 0.25) is 0 Å². The predicted octanol–water partition coefficient (Wildman–Crippen LogP) is 18.5. The molecule has 0 aliphatic heterocycles. The minimum atomic E-state index is -0.765. The van der Waals surface area contributed by atoms with Gasteiger partial charge < -0.3 is 14.2 Å². The molecular formula is C57H108O6. The van der Waals surface area contributed by atoms with Crippen molar-refractivity contribution in [2.24, 2.45) is 0 Å². The zero-order valence-corrected chi connectivity index (χ0v) is 42.6. The highest BCUT2D eigenvalue weighted by molar-refractivity contribution is 5.71. The van der Waals surface area contributed by atoms with Crippen LogP contribution in [-0.2, 0) is 28.6 Å². The van der Waals surface area contributed by atoms with Gasteiger partial charge in [0.15, 0.2) is 6.10 Å². The number of esters is 3. The summed E-state index contributed by atoms with van der Waals surface area (Å²) >= 11 is 0. The lowest BCUT2D eigenvalue weighted by Crippen LogP contribution is -2.30. The van der Waals surface area contributed by atoms with Crippen LogP contribution in [0.4, 0.5) is 0 Å². The lowest BCUT2D eigenvalue weighted by molar-refractivity contribution is -0.167. The molecule has 6 heteroatoms. The van der Waals surface area contributed by atoms with Gasteiger partial charge in [-0.15, -0.1) is 0 Å². The second-order valence-corrected chi connectivity index (χ2v) is 19.2. The Bertz CT molecular complexity index is 978. The maximum atomic E-state index is 12.8. The fraction of sp³-hybridized carbons (Fsp3) is 0.912. The molecule has 0 rings (SSSR count). The van der Waals surface area contributed by atoms with Gasteiger partial charge in [0, 0.05) is 19.3 Å². The predicted molar refractivity (Wildman–Crippen MR) is 270 cm³/mol. The number of carbonyl (C=O) groups excluding carboxylic acids is 3. The summed E-state index contributed by atoms with van der Waals surface area (Å²) in [7, 11) is 0. The van der Waals surface area contributed by atoms with E-state index in [0.717, 1.165) is 57.8 Å². The van der Waals surface area contributed by atoms with Crippen LogP contribution in [-0.4, -0.2) is 37.2 Å². The number of hydrogen-bond donors (Lipinski definition) is 0. The van der Waals surface area contributed by atoms with Gasteiger partial charge >= 0.3 is 17.9 Å². The largest absolute Gasteiger partial charge is 0.462 e. The van der Waals surface area contributed by atoms with Crippen molar-refractivity contribution in [3.63, 3.8) is 0 Å². The molecule has 0 aromatic heterocycles. The van der Waals surface area contributed by atoms with E-state index in [4.69, 9.17) is 14.2 Å². The molecule has 0 saturated heterocycles. The van der Waals surface area contributed by atoms with E-state index in [2.05, 4.69) is 32.9 Å². The summed E-state index contributed by atoms with van der Waals surface area (Å²) in [5.74, 6) is -0.850. The monoisotopic (exact) mass is 889 g/mol. The summed E-state index contributed by atoms with van der Waals surface area (Å²) in [6.07, 6.45) is 59.2. The van der Waals surface area contributed by atoms with Gasteiger partial charge in [-0.25, -0.2) is 0 Å². The summed E-state index contributed by atoms with van der Waals surface area (Å²) < 4.78 is 16.8. The van der Waals surface area contributed by atoms with Crippen LogP contribution < -0.4 is 0 Å². The third kappa shape index (κ3) is 51.0. The summed E-state index contributed by atoms with van der Waals surface area (Å²) in [6, 6.07) is 0. The van der Waals surface area contributed by atoms with Crippen molar-refractivity contribution in [2.75, 3.05) is 13.2 Å². The topological polar surface area (TPSA) is 78.9 Å².